The summed E-state index contributed by atoms with van der Waals surface area (Å²) in [6.07, 6.45) is 1.93. The topological polar surface area (TPSA) is 26.7 Å². The second kappa shape index (κ2) is 7.51. The number of aliphatic hydroxyl groups is 1. The largest absolute Gasteiger partial charge is 0.396 e. The molecule has 1 N–H and O–H groups in total. The molecule has 2 aromatic carbocycles. The number of benzene rings is 2. The summed E-state index contributed by atoms with van der Waals surface area (Å²) in [6, 6.07) is 16.8. The Morgan fingerprint density at radius 2 is 1.85 bits per heavy atom. The molecular weight excluding hydrogens is 320 g/mol. The third-order valence-electron chi connectivity index (χ3n) is 6.00. The van der Waals surface area contributed by atoms with Crippen molar-refractivity contribution < 1.29 is 5.11 Å². The van der Waals surface area contributed by atoms with E-state index in [1.165, 1.54) is 27.8 Å². The standard InChI is InChI=1S/C23H30N2O/c1-17(2)25-11-10-24(16-21(25)9-12-26)15-18-7-8-23-20(13-18)14-19-5-3-4-6-22(19)23/h3-8,13,17,21,26H,9-12,14-16H2,1-2H3/t21-/m1/s1. The first-order valence-corrected chi connectivity index (χ1v) is 9.94. The number of nitrogens with zero attached hydrogens (tertiary/aromatic N) is 2. The lowest BCUT2D eigenvalue weighted by atomic mass is 10.0. The second-order valence-electron chi connectivity index (χ2n) is 8.06. The van der Waals surface area contributed by atoms with Crippen LogP contribution in [-0.2, 0) is 13.0 Å². The maximum atomic E-state index is 9.44. The molecule has 2 aromatic rings. The van der Waals surface area contributed by atoms with Gasteiger partial charge in [-0.2, -0.15) is 0 Å². The number of rotatable bonds is 5. The molecule has 26 heavy (non-hydrogen) atoms. The van der Waals surface area contributed by atoms with Crippen LogP contribution in [0.15, 0.2) is 42.5 Å². The SMILES string of the molecule is CC(C)N1CCN(Cc2ccc3c(c2)Cc2ccccc2-3)C[C@H]1CCO. The maximum Gasteiger partial charge on any atom is 0.0446 e. The highest BCUT2D eigenvalue weighted by Crippen LogP contribution is 2.36. The van der Waals surface area contributed by atoms with Gasteiger partial charge in [-0.25, -0.2) is 0 Å². The number of hydrogen-bond donors (Lipinski definition) is 1. The molecule has 0 spiro atoms. The summed E-state index contributed by atoms with van der Waals surface area (Å²) in [7, 11) is 0. The van der Waals surface area contributed by atoms with Crippen molar-refractivity contribution >= 4 is 0 Å². The molecule has 0 saturated carbocycles. The smallest absolute Gasteiger partial charge is 0.0446 e. The van der Waals surface area contributed by atoms with Gasteiger partial charge in [0.05, 0.1) is 0 Å². The predicted molar refractivity (Wildman–Crippen MR) is 107 cm³/mol. The summed E-state index contributed by atoms with van der Waals surface area (Å²) >= 11 is 0. The molecule has 138 valence electrons. The Bertz CT molecular complexity index is 771. The summed E-state index contributed by atoms with van der Waals surface area (Å²) in [5, 5.41) is 9.44. The van der Waals surface area contributed by atoms with Crippen LogP contribution in [0.2, 0.25) is 0 Å². The molecule has 0 radical (unpaired) electrons. The molecule has 1 saturated heterocycles. The van der Waals surface area contributed by atoms with Crippen LogP contribution in [-0.4, -0.2) is 53.2 Å². The number of hydrogen-bond acceptors (Lipinski definition) is 3. The van der Waals surface area contributed by atoms with Crippen LogP contribution in [0.5, 0.6) is 0 Å². The molecule has 3 nitrogen and oxygen atoms in total. The van der Waals surface area contributed by atoms with Crippen LogP contribution < -0.4 is 0 Å². The molecule has 0 unspecified atom stereocenters. The minimum absolute atomic E-state index is 0.277. The van der Waals surface area contributed by atoms with E-state index in [-0.39, 0.29) is 6.61 Å². The highest BCUT2D eigenvalue weighted by molar-refractivity contribution is 5.76. The van der Waals surface area contributed by atoms with Crippen molar-refractivity contribution in [3.8, 4) is 11.1 Å². The van der Waals surface area contributed by atoms with Crippen LogP contribution >= 0.6 is 0 Å². The Morgan fingerprint density at radius 3 is 2.65 bits per heavy atom. The average Bonchev–Trinajstić information content (AvgIpc) is 2.99. The van der Waals surface area contributed by atoms with Gasteiger partial charge in [-0.3, -0.25) is 9.80 Å². The quantitative estimate of drug-likeness (QED) is 0.762. The highest BCUT2D eigenvalue weighted by Gasteiger charge is 2.28. The van der Waals surface area contributed by atoms with Crippen LogP contribution in [0, 0.1) is 0 Å². The zero-order chi connectivity index (χ0) is 18.1. The van der Waals surface area contributed by atoms with Crippen molar-refractivity contribution in [3.63, 3.8) is 0 Å². The fraction of sp³-hybridized carbons (Fsp3) is 0.478. The molecule has 1 atom stereocenters. The molecule has 4 rings (SSSR count). The van der Waals surface area contributed by atoms with Gasteiger partial charge in [0.15, 0.2) is 0 Å². The van der Waals surface area contributed by atoms with E-state index in [0.717, 1.165) is 39.0 Å². The van der Waals surface area contributed by atoms with E-state index in [4.69, 9.17) is 0 Å². The number of fused-ring (bicyclic) bond motifs is 3. The lowest BCUT2D eigenvalue weighted by molar-refractivity contribution is 0.0349. The van der Waals surface area contributed by atoms with Gasteiger partial charge in [-0.05, 0) is 54.5 Å². The summed E-state index contributed by atoms with van der Waals surface area (Å²) in [5.41, 5.74) is 7.15. The van der Waals surface area contributed by atoms with Crippen molar-refractivity contribution in [1.29, 1.82) is 0 Å². The Morgan fingerprint density at radius 1 is 1.04 bits per heavy atom. The maximum absolute atomic E-state index is 9.44. The Balaban J connectivity index is 1.46. The molecule has 2 aliphatic rings. The Hall–Kier alpha value is -1.68. The van der Waals surface area contributed by atoms with E-state index < -0.39 is 0 Å². The molecule has 1 aliphatic carbocycles. The molecule has 0 amide bonds. The second-order valence-corrected chi connectivity index (χ2v) is 8.06. The van der Waals surface area contributed by atoms with E-state index in [1.807, 2.05) is 0 Å². The predicted octanol–water partition coefficient (Wildman–Crippen LogP) is 3.53. The van der Waals surface area contributed by atoms with Crippen LogP contribution in [0.25, 0.3) is 11.1 Å². The van der Waals surface area contributed by atoms with Gasteiger partial charge < -0.3 is 5.11 Å². The molecule has 1 fully saturated rings. The van der Waals surface area contributed by atoms with E-state index >= 15 is 0 Å². The molecule has 1 heterocycles. The monoisotopic (exact) mass is 350 g/mol. The lowest BCUT2D eigenvalue weighted by Crippen LogP contribution is -2.55. The van der Waals surface area contributed by atoms with Gasteiger partial charge in [0.25, 0.3) is 0 Å². The van der Waals surface area contributed by atoms with E-state index in [2.05, 4.69) is 66.1 Å². The first kappa shape index (κ1) is 17.7. The summed E-state index contributed by atoms with van der Waals surface area (Å²) in [6.45, 7) is 9.07. The van der Waals surface area contributed by atoms with Gasteiger partial charge >= 0.3 is 0 Å². The van der Waals surface area contributed by atoms with Gasteiger partial charge in [-0.15, -0.1) is 0 Å². The van der Waals surface area contributed by atoms with Gasteiger partial charge in [0.2, 0.25) is 0 Å². The highest BCUT2D eigenvalue weighted by atomic mass is 16.3. The van der Waals surface area contributed by atoms with Crippen LogP contribution in [0.1, 0.15) is 37.0 Å². The van der Waals surface area contributed by atoms with Crippen molar-refractivity contribution in [1.82, 2.24) is 9.80 Å². The zero-order valence-corrected chi connectivity index (χ0v) is 16.0. The number of piperazine rings is 1. The molecular formula is C23H30N2O. The summed E-state index contributed by atoms with van der Waals surface area (Å²) < 4.78 is 0. The third-order valence-corrected chi connectivity index (χ3v) is 6.00. The van der Waals surface area contributed by atoms with Crippen molar-refractivity contribution in [2.45, 2.75) is 45.3 Å². The van der Waals surface area contributed by atoms with Crippen molar-refractivity contribution in [2.24, 2.45) is 0 Å². The van der Waals surface area contributed by atoms with Gasteiger partial charge in [-0.1, -0.05) is 42.5 Å². The van der Waals surface area contributed by atoms with Crippen LogP contribution in [0.3, 0.4) is 0 Å². The Kier molecular flexibility index (Phi) is 5.12. The van der Waals surface area contributed by atoms with E-state index in [0.29, 0.717) is 12.1 Å². The number of aliphatic hydroxyl groups excluding tert-OH is 1. The fourth-order valence-corrected chi connectivity index (χ4v) is 4.72. The minimum atomic E-state index is 0.277. The summed E-state index contributed by atoms with van der Waals surface area (Å²) in [5.74, 6) is 0. The lowest BCUT2D eigenvalue weighted by Gasteiger charge is -2.43. The van der Waals surface area contributed by atoms with Gasteiger partial charge in [0.1, 0.15) is 0 Å². The van der Waals surface area contributed by atoms with Crippen molar-refractivity contribution in [3.05, 3.63) is 59.2 Å². The zero-order valence-electron chi connectivity index (χ0n) is 16.0. The minimum Gasteiger partial charge on any atom is -0.396 e. The van der Waals surface area contributed by atoms with Gasteiger partial charge in [0, 0.05) is 44.9 Å². The fourth-order valence-electron chi connectivity index (χ4n) is 4.72. The first-order valence-electron chi connectivity index (χ1n) is 9.94. The van der Waals surface area contributed by atoms with Crippen molar-refractivity contribution in [2.75, 3.05) is 26.2 Å². The molecule has 3 heteroatoms. The normalized spacial score (nSPS) is 20.4. The molecule has 0 bridgehead atoms. The van der Waals surface area contributed by atoms with E-state index in [1.54, 1.807) is 0 Å². The average molecular weight is 351 g/mol. The summed E-state index contributed by atoms with van der Waals surface area (Å²) in [4.78, 5) is 5.11. The Labute approximate surface area is 157 Å². The third kappa shape index (κ3) is 3.44. The van der Waals surface area contributed by atoms with Crippen LogP contribution in [0.4, 0.5) is 0 Å². The molecule has 1 aliphatic heterocycles. The van der Waals surface area contributed by atoms with E-state index in [9.17, 15) is 5.11 Å². The molecule has 0 aromatic heterocycles. The first-order chi connectivity index (χ1) is 12.7.